The molecule has 5 heteroatoms. The molecule has 1 aromatic heterocycles. The van der Waals surface area contributed by atoms with E-state index < -0.39 is 0 Å². The lowest BCUT2D eigenvalue weighted by Crippen LogP contribution is -2.00. The first-order chi connectivity index (χ1) is 10.4. The molecule has 0 amide bonds. The number of thioether (sulfide) groups is 1. The van der Waals surface area contributed by atoms with Crippen molar-refractivity contribution in [2.45, 2.75) is 38.6 Å². The van der Waals surface area contributed by atoms with Crippen LogP contribution in [0.5, 0.6) is 5.75 Å². The first-order valence-corrected chi connectivity index (χ1v) is 8.03. The predicted octanol–water partition coefficient (Wildman–Crippen LogP) is 3.91. The maximum Gasteiger partial charge on any atom is 0.188 e. The first kappa shape index (κ1) is 16.5. The molecule has 0 bridgehead atoms. The summed E-state index contributed by atoms with van der Waals surface area (Å²) in [4.78, 5) is 20.5. The highest BCUT2D eigenvalue weighted by atomic mass is 32.2. The molecule has 2 rings (SSSR count). The van der Waals surface area contributed by atoms with Crippen molar-refractivity contribution >= 4 is 17.5 Å². The van der Waals surface area contributed by atoms with E-state index in [0.717, 1.165) is 33.4 Å². The fourth-order valence-electron chi connectivity index (χ4n) is 2.06. The van der Waals surface area contributed by atoms with Gasteiger partial charge in [-0.05, 0) is 51.5 Å². The Balaban J connectivity index is 2.24. The standard InChI is InChI=1S/C17H20N2O2S/c1-10-11(2)18-17(19-12(10)3)22-9-15-8-14(13(4)20)6-7-16(15)21-5/h6-8H,9H2,1-5H3. The van der Waals surface area contributed by atoms with Gasteiger partial charge < -0.3 is 4.74 Å². The van der Waals surface area contributed by atoms with E-state index >= 15 is 0 Å². The molecule has 0 saturated heterocycles. The third kappa shape index (κ3) is 3.65. The number of aryl methyl sites for hydroxylation is 2. The number of hydrogen-bond acceptors (Lipinski definition) is 5. The van der Waals surface area contributed by atoms with Gasteiger partial charge in [0.15, 0.2) is 10.9 Å². The van der Waals surface area contributed by atoms with Gasteiger partial charge in [0.2, 0.25) is 0 Å². The van der Waals surface area contributed by atoms with Gasteiger partial charge in [-0.3, -0.25) is 4.79 Å². The summed E-state index contributed by atoms with van der Waals surface area (Å²) < 4.78 is 5.37. The van der Waals surface area contributed by atoms with Crippen LogP contribution in [0.2, 0.25) is 0 Å². The molecular formula is C17H20N2O2S. The van der Waals surface area contributed by atoms with Crippen LogP contribution in [0.1, 0.15) is 39.8 Å². The summed E-state index contributed by atoms with van der Waals surface area (Å²) in [7, 11) is 1.63. The lowest BCUT2D eigenvalue weighted by atomic mass is 10.1. The minimum Gasteiger partial charge on any atom is -0.496 e. The smallest absolute Gasteiger partial charge is 0.188 e. The van der Waals surface area contributed by atoms with Crippen molar-refractivity contribution in [2.75, 3.05) is 7.11 Å². The molecule has 2 aromatic rings. The number of ether oxygens (including phenoxy) is 1. The summed E-state index contributed by atoms with van der Waals surface area (Å²) in [5.41, 5.74) is 4.78. The van der Waals surface area contributed by atoms with Crippen molar-refractivity contribution in [3.8, 4) is 5.75 Å². The zero-order valence-corrected chi connectivity index (χ0v) is 14.4. The molecule has 0 unspecified atom stereocenters. The lowest BCUT2D eigenvalue weighted by Gasteiger charge is -2.10. The van der Waals surface area contributed by atoms with Crippen LogP contribution in [0.25, 0.3) is 0 Å². The van der Waals surface area contributed by atoms with Crippen LogP contribution >= 0.6 is 11.8 Å². The molecule has 1 heterocycles. The van der Waals surface area contributed by atoms with Crippen molar-refractivity contribution in [2.24, 2.45) is 0 Å². The summed E-state index contributed by atoms with van der Waals surface area (Å²) >= 11 is 1.55. The largest absolute Gasteiger partial charge is 0.496 e. The van der Waals surface area contributed by atoms with Gasteiger partial charge >= 0.3 is 0 Å². The fourth-order valence-corrected chi connectivity index (χ4v) is 2.97. The molecule has 4 nitrogen and oxygen atoms in total. The zero-order valence-electron chi connectivity index (χ0n) is 13.6. The second kappa shape index (κ2) is 6.92. The Morgan fingerprint density at radius 1 is 1.18 bits per heavy atom. The van der Waals surface area contributed by atoms with Crippen LogP contribution in [-0.4, -0.2) is 22.9 Å². The van der Waals surface area contributed by atoms with Crippen molar-refractivity contribution in [1.29, 1.82) is 0 Å². The number of carbonyl (C=O) groups is 1. The number of aromatic nitrogens is 2. The number of Topliss-reactive ketones (excluding diaryl/α,β-unsaturated/α-hetero) is 1. The average Bonchev–Trinajstić information content (AvgIpc) is 2.49. The van der Waals surface area contributed by atoms with Crippen LogP contribution < -0.4 is 4.74 Å². The van der Waals surface area contributed by atoms with Crippen molar-refractivity contribution in [3.63, 3.8) is 0 Å². The molecule has 1 aromatic carbocycles. The molecule has 22 heavy (non-hydrogen) atoms. The highest BCUT2D eigenvalue weighted by Gasteiger charge is 2.10. The van der Waals surface area contributed by atoms with Crippen LogP contribution in [0.15, 0.2) is 23.4 Å². The van der Waals surface area contributed by atoms with Crippen LogP contribution in [0.3, 0.4) is 0 Å². The van der Waals surface area contributed by atoms with Gasteiger partial charge in [0.05, 0.1) is 7.11 Å². The van der Waals surface area contributed by atoms with Gasteiger partial charge in [-0.2, -0.15) is 0 Å². The maximum absolute atomic E-state index is 11.5. The van der Waals surface area contributed by atoms with Gasteiger partial charge in [0, 0.05) is 28.3 Å². The lowest BCUT2D eigenvalue weighted by molar-refractivity contribution is 0.101. The number of benzene rings is 1. The van der Waals surface area contributed by atoms with E-state index in [1.807, 2.05) is 32.9 Å². The Labute approximate surface area is 135 Å². The summed E-state index contributed by atoms with van der Waals surface area (Å²) in [6, 6.07) is 5.49. The van der Waals surface area contributed by atoms with E-state index in [1.165, 1.54) is 0 Å². The molecule has 0 fully saturated rings. The molecule has 0 saturated carbocycles. The monoisotopic (exact) mass is 316 g/mol. The van der Waals surface area contributed by atoms with Crippen molar-refractivity contribution < 1.29 is 9.53 Å². The Hall–Kier alpha value is -1.88. The number of rotatable bonds is 5. The van der Waals surface area contributed by atoms with Gasteiger partial charge in [-0.25, -0.2) is 9.97 Å². The SMILES string of the molecule is COc1ccc(C(C)=O)cc1CSc1nc(C)c(C)c(C)n1. The van der Waals surface area contributed by atoms with E-state index in [0.29, 0.717) is 11.3 Å². The van der Waals surface area contributed by atoms with E-state index in [2.05, 4.69) is 9.97 Å². The molecule has 0 radical (unpaired) electrons. The molecule has 0 aliphatic carbocycles. The minimum atomic E-state index is 0.0483. The number of carbonyl (C=O) groups excluding carboxylic acids is 1. The van der Waals surface area contributed by atoms with Crippen LogP contribution in [0, 0.1) is 20.8 Å². The highest BCUT2D eigenvalue weighted by Crippen LogP contribution is 2.28. The second-order valence-corrected chi connectivity index (χ2v) is 6.12. The maximum atomic E-state index is 11.5. The summed E-state index contributed by atoms with van der Waals surface area (Å²) in [6.07, 6.45) is 0. The minimum absolute atomic E-state index is 0.0483. The summed E-state index contributed by atoms with van der Waals surface area (Å²) in [6.45, 7) is 7.57. The van der Waals surface area contributed by atoms with Crippen molar-refractivity contribution in [3.05, 3.63) is 46.3 Å². The third-order valence-electron chi connectivity index (χ3n) is 3.66. The molecule has 0 spiro atoms. The van der Waals surface area contributed by atoms with E-state index in [9.17, 15) is 4.79 Å². The van der Waals surface area contributed by atoms with Gasteiger partial charge in [-0.1, -0.05) is 11.8 Å². The van der Waals surface area contributed by atoms with E-state index in [-0.39, 0.29) is 5.78 Å². The number of ketones is 1. The van der Waals surface area contributed by atoms with Gasteiger partial charge in [-0.15, -0.1) is 0 Å². The second-order valence-electron chi connectivity index (χ2n) is 5.17. The van der Waals surface area contributed by atoms with E-state index in [1.54, 1.807) is 31.9 Å². The topological polar surface area (TPSA) is 52.1 Å². The summed E-state index contributed by atoms with van der Waals surface area (Å²) in [5, 5.41) is 0.746. The Morgan fingerprint density at radius 2 is 1.82 bits per heavy atom. The quantitative estimate of drug-likeness (QED) is 0.475. The molecule has 0 aliphatic rings. The Kier molecular flexibility index (Phi) is 5.19. The van der Waals surface area contributed by atoms with Crippen molar-refractivity contribution in [1.82, 2.24) is 9.97 Å². The Bertz CT molecular complexity index is 691. The fraction of sp³-hybridized carbons (Fsp3) is 0.353. The van der Waals surface area contributed by atoms with Crippen LogP contribution in [0.4, 0.5) is 0 Å². The number of nitrogens with zero attached hydrogens (tertiary/aromatic N) is 2. The first-order valence-electron chi connectivity index (χ1n) is 7.05. The Morgan fingerprint density at radius 3 is 2.36 bits per heavy atom. The van der Waals surface area contributed by atoms with E-state index in [4.69, 9.17) is 4.74 Å². The molecule has 0 aliphatic heterocycles. The van der Waals surface area contributed by atoms with Gasteiger partial charge in [0.1, 0.15) is 5.75 Å². The summed E-state index contributed by atoms with van der Waals surface area (Å²) in [5.74, 6) is 1.48. The van der Waals surface area contributed by atoms with Gasteiger partial charge in [0.25, 0.3) is 0 Å². The molecule has 0 N–H and O–H groups in total. The normalized spacial score (nSPS) is 10.6. The molecular weight excluding hydrogens is 296 g/mol. The zero-order chi connectivity index (χ0) is 16.3. The number of methoxy groups -OCH3 is 1. The molecule has 116 valence electrons. The predicted molar refractivity (Wildman–Crippen MR) is 88.8 cm³/mol. The third-order valence-corrected chi connectivity index (χ3v) is 4.55. The van der Waals surface area contributed by atoms with Crippen LogP contribution in [-0.2, 0) is 5.75 Å². The number of hydrogen-bond donors (Lipinski definition) is 0. The molecule has 0 atom stereocenters. The highest BCUT2D eigenvalue weighted by molar-refractivity contribution is 7.98. The average molecular weight is 316 g/mol.